The van der Waals surface area contributed by atoms with E-state index in [9.17, 15) is 5.11 Å². The Bertz CT molecular complexity index is 497. The van der Waals surface area contributed by atoms with Gasteiger partial charge in [-0.05, 0) is 43.4 Å². The molecule has 1 saturated carbocycles. The van der Waals surface area contributed by atoms with Crippen molar-refractivity contribution in [3.05, 3.63) is 28.3 Å². The molecule has 3 nitrogen and oxygen atoms in total. The summed E-state index contributed by atoms with van der Waals surface area (Å²) >= 11 is 6.30. The zero-order valence-corrected chi connectivity index (χ0v) is 16.7. The molecular formula is C18H29Cl3N2O. The molecular weight excluding hydrogens is 367 g/mol. The average molecular weight is 396 g/mol. The first kappa shape index (κ1) is 21.9. The minimum atomic E-state index is 0. The van der Waals surface area contributed by atoms with Crippen molar-refractivity contribution in [2.75, 3.05) is 26.2 Å². The zero-order chi connectivity index (χ0) is 15.5. The van der Waals surface area contributed by atoms with Crippen LogP contribution >= 0.6 is 36.4 Å². The van der Waals surface area contributed by atoms with Crippen molar-refractivity contribution < 1.29 is 5.11 Å². The van der Waals surface area contributed by atoms with Gasteiger partial charge in [0, 0.05) is 42.8 Å². The Labute approximate surface area is 163 Å². The summed E-state index contributed by atoms with van der Waals surface area (Å²) in [4.78, 5) is 2.55. The van der Waals surface area contributed by atoms with Crippen LogP contribution in [-0.2, 0) is 0 Å². The smallest absolute Gasteiger partial charge is 0.123 e. The quantitative estimate of drug-likeness (QED) is 0.777. The maximum atomic E-state index is 10.7. The molecule has 2 fully saturated rings. The molecule has 2 N–H and O–H groups in total. The van der Waals surface area contributed by atoms with Crippen LogP contribution in [0.25, 0.3) is 0 Å². The summed E-state index contributed by atoms with van der Waals surface area (Å²) in [7, 11) is 0. The van der Waals surface area contributed by atoms with Crippen LogP contribution in [0, 0.1) is 12.8 Å². The van der Waals surface area contributed by atoms with E-state index in [1.54, 1.807) is 0 Å². The van der Waals surface area contributed by atoms with Crippen LogP contribution in [0.15, 0.2) is 12.1 Å². The summed E-state index contributed by atoms with van der Waals surface area (Å²) in [5.41, 5.74) is 1.93. The van der Waals surface area contributed by atoms with Gasteiger partial charge in [-0.25, -0.2) is 0 Å². The molecule has 1 saturated heterocycles. The van der Waals surface area contributed by atoms with Crippen molar-refractivity contribution in [1.82, 2.24) is 10.2 Å². The Morgan fingerprint density at radius 2 is 1.75 bits per heavy atom. The Hall–Kier alpha value is -0.190. The lowest BCUT2D eigenvalue weighted by Crippen LogP contribution is -2.47. The van der Waals surface area contributed by atoms with E-state index < -0.39 is 0 Å². The molecule has 0 bridgehead atoms. The number of benzene rings is 1. The van der Waals surface area contributed by atoms with E-state index in [2.05, 4.69) is 10.2 Å². The Kier molecular flexibility index (Phi) is 9.18. The molecule has 3 rings (SSSR count). The zero-order valence-electron chi connectivity index (χ0n) is 14.3. The third-order valence-electron chi connectivity index (χ3n) is 5.25. The van der Waals surface area contributed by atoms with Crippen LogP contribution in [0.4, 0.5) is 0 Å². The van der Waals surface area contributed by atoms with Gasteiger partial charge in [0.2, 0.25) is 0 Å². The first-order chi connectivity index (χ1) is 10.7. The number of aryl methyl sites for hydroxylation is 1. The topological polar surface area (TPSA) is 35.5 Å². The predicted octanol–water partition coefficient (Wildman–Crippen LogP) is 4.72. The number of nitrogens with one attached hydrogen (secondary N) is 1. The second kappa shape index (κ2) is 10.1. The first-order valence-electron chi connectivity index (χ1n) is 8.60. The standard InChI is InChI=1S/C18H27ClN2O.2ClH/c1-13-11-15(19)12-16(18(13)22)17(14-5-3-2-4-6-14)21-9-7-20-8-10-21;;/h11-12,14,17,20,22H,2-10H2,1H3;2*1H/t17-;;/m0../s1. The van der Waals surface area contributed by atoms with Gasteiger partial charge < -0.3 is 10.4 Å². The van der Waals surface area contributed by atoms with Crippen molar-refractivity contribution in [1.29, 1.82) is 0 Å². The third kappa shape index (κ3) is 4.92. The summed E-state index contributed by atoms with van der Waals surface area (Å²) in [6.07, 6.45) is 6.51. The maximum absolute atomic E-state index is 10.7. The van der Waals surface area contributed by atoms with Crippen LogP contribution in [-0.4, -0.2) is 36.2 Å². The summed E-state index contributed by atoms with van der Waals surface area (Å²) < 4.78 is 0. The minimum Gasteiger partial charge on any atom is -0.507 e. The fourth-order valence-corrected chi connectivity index (χ4v) is 4.43. The Morgan fingerprint density at radius 3 is 2.38 bits per heavy atom. The highest BCUT2D eigenvalue weighted by Gasteiger charge is 2.33. The Morgan fingerprint density at radius 1 is 1.12 bits per heavy atom. The molecule has 24 heavy (non-hydrogen) atoms. The van der Waals surface area contributed by atoms with E-state index in [0.717, 1.165) is 42.3 Å². The molecule has 0 aromatic heterocycles. The van der Waals surface area contributed by atoms with Crippen LogP contribution in [0.1, 0.15) is 49.3 Å². The monoisotopic (exact) mass is 394 g/mol. The van der Waals surface area contributed by atoms with E-state index in [4.69, 9.17) is 11.6 Å². The number of phenolic OH excluding ortho intramolecular Hbond substituents is 1. The highest BCUT2D eigenvalue weighted by Crippen LogP contribution is 2.43. The normalized spacial score (nSPS) is 20.8. The van der Waals surface area contributed by atoms with Crippen molar-refractivity contribution in [2.45, 2.75) is 45.1 Å². The molecule has 1 atom stereocenters. The average Bonchev–Trinajstić information content (AvgIpc) is 2.54. The SMILES string of the molecule is Cc1cc(Cl)cc([C@H](C2CCCCC2)N2CCNCC2)c1O.Cl.Cl. The van der Waals surface area contributed by atoms with E-state index in [-0.39, 0.29) is 24.8 Å². The lowest BCUT2D eigenvalue weighted by molar-refractivity contribution is 0.101. The summed E-state index contributed by atoms with van der Waals surface area (Å²) in [5.74, 6) is 1.08. The molecule has 1 heterocycles. The second-order valence-electron chi connectivity index (χ2n) is 6.79. The molecule has 0 unspecified atom stereocenters. The van der Waals surface area contributed by atoms with Crippen molar-refractivity contribution in [2.24, 2.45) is 5.92 Å². The van der Waals surface area contributed by atoms with Gasteiger partial charge in [0.25, 0.3) is 0 Å². The van der Waals surface area contributed by atoms with Gasteiger partial charge in [-0.15, -0.1) is 24.8 Å². The highest BCUT2D eigenvalue weighted by molar-refractivity contribution is 6.30. The van der Waals surface area contributed by atoms with Gasteiger partial charge in [-0.3, -0.25) is 4.90 Å². The van der Waals surface area contributed by atoms with Gasteiger partial charge in [0.15, 0.2) is 0 Å². The number of hydrogen-bond acceptors (Lipinski definition) is 3. The second-order valence-corrected chi connectivity index (χ2v) is 7.23. The summed E-state index contributed by atoms with van der Waals surface area (Å²) in [6.45, 7) is 6.10. The summed E-state index contributed by atoms with van der Waals surface area (Å²) in [6, 6.07) is 4.15. The minimum absolute atomic E-state index is 0. The number of aromatic hydroxyl groups is 1. The molecule has 2 aliphatic rings. The molecule has 1 aromatic rings. The van der Waals surface area contributed by atoms with Gasteiger partial charge in [-0.2, -0.15) is 0 Å². The third-order valence-corrected chi connectivity index (χ3v) is 5.47. The van der Waals surface area contributed by atoms with Crippen LogP contribution < -0.4 is 5.32 Å². The molecule has 138 valence electrons. The maximum Gasteiger partial charge on any atom is 0.123 e. The van der Waals surface area contributed by atoms with E-state index in [0.29, 0.717) is 17.7 Å². The van der Waals surface area contributed by atoms with E-state index in [1.807, 2.05) is 19.1 Å². The van der Waals surface area contributed by atoms with Crippen molar-refractivity contribution in [3.63, 3.8) is 0 Å². The number of rotatable bonds is 3. The van der Waals surface area contributed by atoms with Crippen LogP contribution in [0.5, 0.6) is 5.75 Å². The first-order valence-corrected chi connectivity index (χ1v) is 8.98. The molecule has 0 radical (unpaired) electrons. The molecule has 1 aliphatic carbocycles. The molecule has 0 amide bonds. The number of hydrogen-bond donors (Lipinski definition) is 2. The van der Waals surface area contributed by atoms with Crippen molar-refractivity contribution in [3.8, 4) is 5.75 Å². The van der Waals surface area contributed by atoms with Gasteiger partial charge in [-0.1, -0.05) is 30.9 Å². The van der Waals surface area contributed by atoms with Crippen LogP contribution in [0.3, 0.4) is 0 Å². The lowest BCUT2D eigenvalue weighted by Gasteiger charge is -2.41. The largest absolute Gasteiger partial charge is 0.507 e. The summed E-state index contributed by atoms with van der Waals surface area (Å²) in [5, 5.41) is 14.8. The van der Waals surface area contributed by atoms with Gasteiger partial charge in [0.05, 0.1) is 0 Å². The number of nitrogens with zero attached hydrogens (tertiary/aromatic N) is 1. The number of phenols is 1. The van der Waals surface area contributed by atoms with Crippen molar-refractivity contribution >= 4 is 36.4 Å². The molecule has 1 aliphatic heterocycles. The molecule has 1 aromatic carbocycles. The van der Waals surface area contributed by atoms with Gasteiger partial charge >= 0.3 is 0 Å². The highest BCUT2D eigenvalue weighted by atomic mass is 35.5. The fourth-order valence-electron chi connectivity index (χ4n) is 4.15. The van der Waals surface area contributed by atoms with Gasteiger partial charge in [0.1, 0.15) is 5.75 Å². The predicted molar refractivity (Wildman–Crippen MR) is 106 cm³/mol. The fraction of sp³-hybridized carbons (Fsp3) is 0.667. The number of halogens is 3. The molecule has 0 spiro atoms. The van der Waals surface area contributed by atoms with E-state index >= 15 is 0 Å². The van der Waals surface area contributed by atoms with E-state index in [1.165, 1.54) is 32.1 Å². The number of piperazine rings is 1. The molecule has 6 heteroatoms. The lowest BCUT2D eigenvalue weighted by atomic mass is 9.79. The van der Waals surface area contributed by atoms with Crippen LogP contribution in [0.2, 0.25) is 5.02 Å². The Balaban J connectivity index is 0.00000144.